The molecule has 6 N–H and O–H groups in total. The van der Waals surface area contributed by atoms with E-state index in [9.17, 15) is 32.4 Å². The monoisotopic (exact) mass is 437 g/mol. The quantitative estimate of drug-likeness (QED) is 0.151. The van der Waals surface area contributed by atoms with Crippen LogP contribution in [0.5, 0.6) is 0 Å². The predicted molar refractivity (Wildman–Crippen MR) is 101 cm³/mol. The molecule has 166 valence electrons. The van der Waals surface area contributed by atoms with Crippen molar-refractivity contribution in [3.63, 3.8) is 0 Å². The maximum atomic E-state index is 11.6. The fourth-order valence-electron chi connectivity index (χ4n) is 1.81. The summed E-state index contributed by atoms with van der Waals surface area (Å²) in [5.74, 6) is -3.02. The van der Waals surface area contributed by atoms with Gasteiger partial charge in [-0.2, -0.15) is 8.42 Å². The molecule has 5 amide bonds. The molecule has 0 rings (SSSR count). The zero-order valence-corrected chi connectivity index (χ0v) is 16.9. The lowest BCUT2D eigenvalue weighted by atomic mass is 10.2. The number of nitrogens with one attached hydrogen (secondary N) is 5. The minimum atomic E-state index is -4.17. The highest BCUT2D eigenvalue weighted by Crippen LogP contribution is 1.90. The Bertz CT molecular complexity index is 695. The first kappa shape index (κ1) is 26.3. The SMILES string of the molecule is CCNC(=O)CNC(=O)CNC(=O)CCNC(=O)CCC(=O)NCCS(=O)(=O)O. The molecule has 13 nitrogen and oxygen atoms in total. The van der Waals surface area contributed by atoms with Crippen molar-refractivity contribution in [3.8, 4) is 0 Å². The molecular weight excluding hydrogens is 410 g/mol. The summed E-state index contributed by atoms with van der Waals surface area (Å²) in [5, 5.41) is 11.8. The molecule has 29 heavy (non-hydrogen) atoms. The molecule has 0 atom stereocenters. The topological polar surface area (TPSA) is 200 Å². The van der Waals surface area contributed by atoms with E-state index in [2.05, 4.69) is 26.6 Å². The largest absolute Gasteiger partial charge is 0.356 e. The second-order valence-electron chi connectivity index (χ2n) is 5.74. The predicted octanol–water partition coefficient (Wildman–Crippen LogP) is -3.35. The summed E-state index contributed by atoms with van der Waals surface area (Å²) in [6.07, 6.45) is -0.438. The lowest BCUT2D eigenvalue weighted by molar-refractivity contribution is -0.128. The molecule has 0 aliphatic carbocycles. The van der Waals surface area contributed by atoms with Crippen LogP contribution in [-0.4, -0.2) is 81.0 Å². The Labute approximate surface area is 168 Å². The van der Waals surface area contributed by atoms with Gasteiger partial charge in [-0.25, -0.2) is 0 Å². The highest BCUT2D eigenvalue weighted by Gasteiger charge is 2.10. The number of carbonyl (C=O) groups excluding carboxylic acids is 5. The van der Waals surface area contributed by atoms with Gasteiger partial charge in [0.1, 0.15) is 0 Å². The average molecular weight is 437 g/mol. The lowest BCUT2D eigenvalue weighted by Gasteiger charge is -2.08. The number of likely N-dealkylation sites (N-methyl/N-ethyl adjacent to an activating group) is 1. The van der Waals surface area contributed by atoms with Crippen LogP contribution in [0.15, 0.2) is 0 Å². The Hall–Kier alpha value is -2.74. The first-order valence-corrected chi connectivity index (χ1v) is 10.4. The normalized spacial score (nSPS) is 10.6. The number of hydrogen-bond acceptors (Lipinski definition) is 7. The molecule has 0 bridgehead atoms. The minimum absolute atomic E-state index is 0.00440. The summed E-state index contributed by atoms with van der Waals surface area (Å²) in [7, 11) is -4.17. The fraction of sp³-hybridized carbons (Fsp3) is 0.667. The fourth-order valence-corrected chi connectivity index (χ4v) is 2.17. The summed E-state index contributed by atoms with van der Waals surface area (Å²) >= 11 is 0. The van der Waals surface area contributed by atoms with Crippen LogP contribution in [0.4, 0.5) is 0 Å². The van der Waals surface area contributed by atoms with E-state index in [1.165, 1.54) is 0 Å². The summed E-state index contributed by atoms with van der Waals surface area (Å²) < 4.78 is 29.5. The van der Waals surface area contributed by atoms with Gasteiger partial charge in [0.05, 0.1) is 18.8 Å². The van der Waals surface area contributed by atoms with E-state index in [1.807, 2.05) is 0 Å². The van der Waals surface area contributed by atoms with Gasteiger partial charge in [-0.3, -0.25) is 28.5 Å². The van der Waals surface area contributed by atoms with E-state index in [0.29, 0.717) is 6.54 Å². The van der Waals surface area contributed by atoms with Crippen LogP contribution < -0.4 is 26.6 Å². The lowest BCUT2D eigenvalue weighted by Crippen LogP contribution is -2.42. The summed E-state index contributed by atoms with van der Waals surface area (Å²) in [5.41, 5.74) is 0. The molecule has 0 aliphatic rings. The van der Waals surface area contributed by atoms with Gasteiger partial charge in [-0.1, -0.05) is 0 Å². The molecule has 0 aromatic heterocycles. The van der Waals surface area contributed by atoms with E-state index in [4.69, 9.17) is 4.55 Å². The zero-order chi connectivity index (χ0) is 22.3. The average Bonchev–Trinajstić information content (AvgIpc) is 2.62. The molecule has 0 heterocycles. The van der Waals surface area contributed by atoms with E-state index >= 15 is 0 Å². The number of carbonyl (C=O) groups is 5. The van der Waals surface area contributed by atoms with Crippen LogP contribution >= 0.6 is 0 Å². The van der Waals surface area contributed by atoms with Gasteiger partial charge in [-0.05, 0) is 6.92 Å². The van der Waals surface area contributed by atoms with Crippen molar-refractivity contribution < 1.29 is 36.9 Å². The van der Waals surface area contributed by atoms with Crippen molar-refractivity contribution in [2.45, 2.75) is 26.2 Å². The summed E-state index contributed by atoms with van der Waals surface area (Å²) in [6.45, 7) is 1.40. The number of rotatable bonds is 14. The highest BCUT2D eigenvalue weighted by atomic mass is 32.2. The second-order valence-corrected chi connectivity index (χ2v) is 7.31. The third-order valence-corrected chi connectivity index (χ3v) is 3.92. The van der Waals surface area contributed by atoms with Gasteiger partial charge in [0, 0.05) is 38.9 Å². The molecule has 0 spiro atoms. The maximum Gasteiger partial charge on any atom is 0.266 e. The van der Waals surface area contributed by atoms with Gasteiger partial charge >= 0.3 is 0 Å². The smallest absolute Gasteiger partial charge is 0.266 e. The Kier molecular flexibility index (Phi) is 12.9. The van der Waals surface area contributed by atoms with Crippen molar-refractivity contribution in [2.24, 2.45) is 0 Å². The van der Waals surface area contributed by atoms with Crippen LogP contribution in [0.25, 0.3) is 0 Å². The molecule has 0 unspecified atom stereocenters. The molecule has 0 radical (unpaired) electrons. The van der Waals surface area contributed by atoms with Gasteiger partial charge < -0.3 is 26.6 Å². The molecule has 14 heteroatoms. The zero-order valence-electron chi connectivity index (χ0n) is 16.1. The van der Waals surface area contributed by atoms with Crippen LogP contribution in [0.1, 0.15) is 26.2 Å². The summed E-state index contributed by atoms with van der Waals surface area (Å²) in [4.78, 5) is 57.2. The third kappa shape index (κ3) is 17.1. The van der Waals surface area contributed by atoms with Crippen LogP contribution in [0, 0.1) is 0 Å². The van der Waals surface area contributed by atoms with Gasteiger partial charge in [-0.15, -0.1) is 0 Å². The molecule has 0 fully saturated rings. The van der Waals surface area contributed by atoms with Gasteiger partial charge in [0.15, 0.2) is 0 Å². The second kappa shape index (κ2) is 14.3. The van der Waals surface area contributed by atoms with Crippen molar-refractivity contribution >= 4 is 39.7 Å². The van der Waals surface area contributed by atoms with Crippen molar-refractivity contribution in [3.05, 3.63) is 0 Å². The first-order chi connectivity index (χ1) is 13.5. The Morgan fingerprint density at radius 1 is 0.655 bits per heavy atom. The molecule has 0 aliphatic heterocycles. The van der Waals surface area contributed by atoms with E-state index in [-0.39, 0.29) is 51.3 Å². The minimum Gasteiger partial charge on any atom is -0.356 e. The van der Waals surface area contributed by atoms with Gasteiger partial charge in [0.2, 0.25) is 29.5 Å². The molecule has 0 saturated carbocycles. The third-order valence-electron chi connectivity index (χ3n) is 3.20. The Balaban J connectivity index is 3.79. The Morgan fingerprint density at radius 3 is 1.62 bits per heavy atom. The standard InChI is InChI=1S/C15H27N5O8S/c1-2-16-14(24)9-20-15(25)10-19-13(23)5-6-17-11(21)3-4-12(22)18-7-8-29(26,27)28/h2-10H2,1H3,(H,16,24)(H,17,21)(H,18,22)(H,19,23)(H,20,25)(H,26,27,28). The van der Waals surface area contributed by atoms with Gasteiger partial charge in [0.25, 0.3) is 10.1 Å². The molecule has 0 saturated heterocycles. The summed E-state index contributed by atoms with van der Waals surface area (Å²) in [6, 6.07) is 0. The molecular formula is C15H27N5O8S. The van der Waals surface area contributed by atoms with E-state index in [0.717, 1.165) is 0 Å². The molecule has 0 aromatic carbocycles. The van der Waals surface area contributed by atoms with Crippen LogP contribution in [-0.2, 0) is 34.1 Å². The van der Waals surface area contributed by atoms with Crippen molar-refractivity contribution in [2.75, 3.05) is 38.5 Å². The van der Waals surface area contributed by atoms with Crippen molar-refractivity contribution in [1.82, 2.24) is 26.6 Å². The number of amides is 5. The number of hydrogen-bond donors (Lipinski definition) is 6. The van der Waals surface area contributed by atoms with E-state index in [1.54, 1.807) is 6.92 Å². The van der Waals surface area contributed by atoms with Crippen molar-refractivity contribution in [1.29, 1.82) is 0 Å². The van der Waals surface area contributed by atoms with Crippen LogP contribution in [0.3, 0.4) is 0 Å². The highest BCUT2D eigenvalue weighted by molar-refractivity contribution is 7.85. The Morgan fingerprint density at radius 2 is 1.10 bits per heavy atom. The van der Waals surface area contributed by atoms with Crippen LogP contribution in [0.2, 0.25) is 0 Å². The molecule has 0 aromatic rings. The van der Waals surface area contributed by atoms with E-state index < -0.39 is 39.5 Å². The first-order valence-electron chi connectivity index (χ1n) is 8.82. The maximum absolute atomic E-state index is 11.6.